The van der Waals surface area contributed by atoms with Gasteiger partial charge in [0, 0.05) is 0 Å². The van der Waals surface area contributed by atoms with Gasteiger partial charge in [-0.25, -0.2) is 0 Å². The van der Waals surface area contributed by atoms with Crippen molar-refractivity contribution < 1.29 is 14.6 Å². The molecule has 0 bridgehead atoms. The molecule has 3 aliphatic rings. The summed E-state index contributed by atoms with van der Waals surface area (Å²) in [7, 11) is 0. The minimum Gasteiger partial charge on any atom is -0.389 e. The van der Waals surface area contributed by atoms with Gasteiger partial charge in [0.15, 0.2) is 0 Å². The van der Waals surface area contributed by atoms with Crippen molar-refractivity contribution in [1.29, 1.82) is 0 Å². The normalized spacial score (nSPS) is 35.1. The van der Waals surface area contributed by atoms with E-state index in [1.807, 2.05) is 6.07 Å². The molecule has 0 saturated heterocycles. The van der Waals surface area contributed by atoms with Crippen LogP contribution in [-0.2, 0) is 22.7 Å². The van der Waals surface area contributed by atoms with Gasteiger partial charge < -0.3 is 14.6 Å². The fourth-order valence-corrected chi connectivity index (χ4v) is 8.66. The Bertz CT molecular complexity index is 1090. The smallest absolute Gasteiger partial charge is 0.0754 e. The van der Waals surface area contributed by atoms with Crippen LogP contribution in [0.3, 0.4) is 0 Å². The monoisotopic (exact) mass is 502 g/mol. The summed E-state index contributed by atoms with van der Waals surface area (Å²) in [4.78, 5) is 0. The fourth-order valence-electron chi connectivity index (χ4n) is 8.66. The Morgan fingerprint density at radius 2 is 1.41 bits per heavy atom. The van der Waals surface area contributed by atoms with E-state index in [2.05, 4.69) is 89.2 Å². The third kappa shape index (κ3) is 4.84. The molecule has 0 spiro atoms. The first-order valence-electron chi connectivity index (χ1n) is 14.3. The molecule has 0 heterocycles. The third-order valence-corrected chi connectivity index (χ3v) is 10.8. The molecule has 2 aromatic rings. The molecule has 6 atom stereocenters. The maximum absolute atomic E-state index is 11.3. The minimum absolute atomic E-state index is 0.0685. The van der Waals surface area contributed by atoms with Gasteiger partial charge in [0.25, 0.3) is 0 Å². The molecule has 5 rings (SSSR count). The Hall–Kier alpha value is -1.94. The van der Waals surface area contributed by atoms with Crippen LogP contribution in [0.15, 0.2) is 71.8 Å². The zero-order valence-electron chi connectivity index (χ0n) is 23.5. The molecule has 37 heavy (non-hydrogen) atoms. The van der Waals surface area contributed by atoms with Crippen molar-refractivity contribution in [1.82, 2.24) is 0 Å². The molecular weight excluding hydrogens is 456 g/mol. The molecule has 0 radical (unpaired) electrons. The molecule has 0 aromatic heterocycles. The highest BCUT2D eigenvalue weighted by Crippen LogP contribution is 2.68. The second kappa shape index (κ2) is 10.3. The number of fused-ring (bicyclic) bond motifs is 3. The van der Waals surface area contributed by atoms with Gasteiger partial charge in [-0.2, -0.15) is 0 Å². The molecular formula is C34H46O3. The molecule has 1 N–H and O–H groups in total. The fraction of sp³-hybridized carbons (Fsp3) is 0.588. The van der Waals surface area contributed by atoms with Gasteiger partial charge in [0.2, 0.25) is 0 Å². The van der Waals surface area contributed by atoms with Crippen molar-refractivity contribution in [3.05, 3.63) is 82.9 Å². The Morgan fingerprint density at radius 1 is 0.784 bits per heavy atom. The largest absolute Gasteiger partial charge is 0.389 e. The van der Waals surface area contributed by atoms with Gasteiger partial charge in [0.1, 0.15) is 0 Å². The first kappa shape index (κ1) is 26.7. The Kier molecular flexibility index (Phi) is 7.44. The molecule has 0 amide bonds. The van der Waals surface area contributed by atoms with Crippen LogP contribution in [0.2, 0.25) is 0 Å². The zero-order chi connectivity index (χ0) is 26.3. The summed E-state index contributed by atoms with van der Waals surface area (Å²) in [5.74, 6) is 1.02. The van der Waals surface area contributed by atoms with Crippen molar-refractivity contribution in [2.75, 3.05) is 6.61 Å². The lowest BCUT2D eigenvalue weighted by Gasteiger charge is -2.66. The van der Waals surface area contributed by atoms with E-state index >= 15 is 0 Å². The van der Waals surface area contributed by atoms with Crippen LogP contribution in [-0.4, -0.2) is 23.9 Å². The highest BCUT2D eigenvalue weighted by Gasteiger charge is 2.62. The first-order chi connectivity index (χ1) is 17.7. The van der Waals surface area contributed by atoms with Gasteiger partial charge in [-0.15, -0.1) is 0 Å². The summed E-state index contributed by atoms with van der Waals surface area (Å²) < 4.78 is 12.9. The first-order valence-corrected chi connectivity index (χ1v) is 14.3. The van der Waals surface area contributed by atoms with Gasteiger partial charge >= 0.3 is 0 Å². The standard InChI is InChI=1S/C34H46O3/c1-24-27(23-36-21-25-12-8-6-9-13-25)33(4)18-16-29-32(2,3)31(37-22-26-14-10-7-11-15-26)17-19-34(29,5)30(33)20-28(24)35/h6-15,28-31,35H,16-23H2,1-5H3/t28-,29+,30+,31+,33+,34+/m0/s1. The number of rotatable bonds is 7. The number of benzene rings is 2. The molecule has 2 aromatic carbocycles. The Labute approximate surface area is 224 Å². The summed E-state index contributed by atoms with van der Waals surface area (Å²) in [6.45, 7) is 13.9. The zero-order valence-corrected chi connectivity index (χ0v) is 23.5. The maximum atomic E-state index is 11.3. The van der Waals surface area contributed by atoms with E-state index < -0.39 is 0 Å². The molecule has 3 aliphatic carbocycles. The van der Waals surface area contributed by atoms with Crippen LogP contribution in [0.5, 0.6) is 0 Å². The number of aliphatic hydroxyl groups excluding tert-OH is 1. The average molecular weight is 503 g/mol. The van der Waals surface area contributed by atoms with Crippen molar-refractivity contribution in [2.24, 2.45) is 28.1 Å². The third-order valence-electron chi connectivity index (χ3n) is 10.8. The Balaban J connectivity index is 1.34. The minimum atomic E-state index is -0.376. The highest BCUT2D eigenvalue weighted by atomic mass is 16.5. The number of ether oxygens (including phenoxy) is 2. The van der Waals surface area contributed by atoms with E-state index in [4.69, 9.17) is 9.47 Å². The van der Waals surface area contributed by atoms with Crippen LogP contribution < -0.4 is 0 Å². The maximum Gasteiger partial charge on any atom is 0.0754 e. The predicted octanol–water partition coefficient (Wildman–Crippen LogP) is 7.73. The summed E-state index contributed by atoms with van der Waals surface area (Å²) >= 11 is 0. The lowest BCUT2D eigenvalue weighted by Crippen LogP contribution is -2.61. The highest BCUT2D eigenvalue weighted by molar-refractivity contribution is 5.32. The SMILES string of the molecule is CC1=C(COCc2ccccc2)[C@@]2(C)CC[C@@H]3C(C)(C)[C@H](OCc4ccccc4)CC[C@@]3(C)[C@@H]2C[C@@H]1O. The summed E-state index contributed by atoms with van der Waals surface area (Å²) in [5.41, 5.74) is 5.28. The van der Waals surface area contributed by atoms with Crippen molar-refractivity contribution in [2.45, 2.75) is 92.1 Å². The van der Waals surface area contributed by atoms with E-state index in [-0.39, 0.29) is 28.5 Å². The van der Waals surface area contributed by atoms with Gasteiger partial charge in [0.05, 0.1) is 32.0 Å². The summed E-state index contributed by atoms with van der Waals surface area (Å²) in [6, 6.07) is 21.0. The molecule has 3 nitrogen and oxygen atoms in total. The van der Waals surface area contributed by atoms with E-state index in [9.17, 15) is 5.11 Å². The average Bonchev–Trinajstić information content (AvgIpc) is 2.88. The summed E-state index contributed by atoms with van der Waals surface area (Å²) in [5, 5.41) is 11.3. The summed E-state index contributed by atoms with van der Waals surface area (Å²) in [6.07, 6.45) is 5.34. The van der Waals surface area contributed by atoms with Crippen LogP contribution in [0, 0.1) is 28.1 Å². The number of aliphatic hydroxyl groups is 1. The second-order valence-electron chi connectivity index (χ2n) is 13.1. The molecule has 3 heteroatoms. The van der Waals surface area contributed by atoms with Gasteiger partial charge in [-0.05, 0) is 89.4 Å². The van der Waals surface area contributed by atoms with E-state index in [0.717, 1.165) is 31.3 Å². The van der Waals surface area contributed by atoms with Crippen molar-refractivity contribution in [3.63, 3.8) is 0 Å². The topological polar surface area (TPSA) is 38.7 Å². The van der Waals surface area contributed by atoms with Crippen LogP contribution >= 0.6 is 0 Å². The van der Waals surface area contributed by atoms with E-state index in [1.54, 1.807) is 0 Å². The molecule has 2 saturated carbocycles. The van der Waals surface area contributed by atoms with Gasteiger partial charge in [-0.3, -0.25) is 0 Å². The Morgan fingerprint density at radius 3 is 2.05 bits per heavy atom. The van der Waals surface area contributed by atoms with Crippen LogP contribution in [0.4, 0.5) is 0 Å². The van der Waals surface area contributed by atoms with Crippen LogP contribution in [0.1, 0.15) is 77.8 Å². The number of hydrogen-bond acceptors (Lipinski definition) is 3. The van der Waals surface area contributed by atoms with E-state index in [1.165, 1.54) is 23.1 Å². The quantitative estimate of drug-likeness (QED) is 0.394. The lowest BCUT2D eigenvalue weighted by atomic mass is 9.40. The van der Waals surface area contributed by atoms with Gasteiger partial charge in [-0.1, -0.05) is 88.4 Å². The lowest BCUT2D eigenvalue weighted by molar-refractivity contribution is -0.189. The molecule has 200 valence electrons. The second-order valence-corrected chi connectivity index (χ2v) is 13.1. The van der Waals surface area contributed by atoms with Crippen molar-refractivity contribution in [3.8, 4) is 0 Å². The van der Waals surface area contributed by atoms with Crippen LogP contribution in [0.25, 0.3) is 0 Å². The molecule has 2 fully saturated rings. The molecule has 0 unspecified atom stereocenters. The number of hydrogen-bond donors (Lipinski definition) is 1. The predicted molar refractivity (Wildman–Crippen MR) is 150 cm³/mol. The van der Waals surface area contributed by atoms with E-state index in [0.29, 0.717) is 31.7 Å². The molecule has 0 aliphatic heterocycles. The van der Waals surface area contributed by atoms with Crippen molar-refractivity contribution >= 4 is 0 Å².